The van der Waals surface area contributed by atoms with Crippen molar-refractivity contribution in [2.75, 3.05) is 36.2 Å². The van der Waals surface area contributed by atoms with Crippen LogP contribution < -0.4 is 25.1 Å². The number of carbonyl (C=O) groups is 2. The van der Waals surface area contributed by atoms with Crippen LogP contribution in [0.1, 0.15) is 66.5 Å². The molecule has 34 heavy (non-hydrogen) atoms. The Balaban J connectivity index is 2.30. The molecule has 0 aromatic carbocycles. The van der Waals surface area contributed by atoms with Crippen molar-refractivity contribution in [2.24, 2.45) is 5.92 Å². The van der Waals surface area contributed by atoms with Gasteiger partial charge < -0.3 is 10.6 Å². The SMILES string of the molecule is CC(C)CCC(=O)NCC(=O)NCCOCc1cn(C(C)(C)CCOC(C)(C)[I-](C)(C)I)nn1. The van der Waals surface area contributed by atoms with Crippen LogP contribution in [0.4, 0.5) is 0 Å². The van der Waals surface area contributed by atoms with Crippen LogP contribution in [0.25, 0.3) is 0 Å². The van der Waals surface area contributed by atoms with Crippen LogP contribution in [-0.2, 0) is 31.2 Å². The molecule has 11 heteroatoms. The van der Waals surface area contributed by atoms with E-state index in [2.05, 4.69) is 91.0 Å². The first-order valence-electron chi connectivity index (χ1n) is 11.6. The Kier molecular flexibility index (Phi) is 13.2. The molecule has 0 aliphatic rings. The Morgan fingerprint density at radius 3 is 2.44 bits per heavy atom. The summed E-state index contributed by atoms with van der Waals surface area (Å²) in [5.74, 6) is 0.136. The van der Waals surface area contributed by atoms with Gasteiger partial charge in [0.2, 0.25) is 11.8 Å². The Morgan fingerprint density at radius 2 is 1.82 bits per heavy atom. The van der Waals surface area contributed by atoms with Crippen molar-refractivity contribution < 1.29 is 33.5 Å². The molecule has 0 bridgehead atoms. The molecule has 0 unspecified atom stereocenters. The van der Waals surface area contributed by atoms with E-state index < -0.39 is 14.5 Å². The summed E-state index contributed by atoms with van der Waals surface area (Å²) >= 11 is 0.715. The molecule has 0 aliphatic carbocycles. The molecule has 2 amide bonds. The zero-order valence-corrected chi connectivity index (χ0v) is 26.4. The number of hydrogen-bond donors (Lipinski definition) is 2. The molecule has 0 radical (unpaired) electrons. The second kappa shape index (κ2) is 14.3. The van der Waals surface area contributed by atoms with E-state index in [1.165, 1.54) is 0 Å². The summed E-state index contributed by atoms with van der Waals surface area (Å²) in [5, 5.41) is 13.9. The van der Waals surface area contributed by atoms with E-state index in [4.69, 9.17) is 9.47 Å². The topological polar surface area (TPSA) is 107 Å². The predicted molar refractivity (Wildman–Crippen MR) is 140 cm³/mol. The van der Waals surface area contributed by atoms with Gasteiger partial charge in [0.25, 0.3) is 0 Å². The summed E-state index contributed by atoms with van der Waals surface area (Å²) in [6.07, 6.45) is 3.98. The van der Waals surface area contributed by atoms with Crippen LogP contribution in [0.15, 0.2) is 6.20 Å². The van der Waals surface area contributed by atoms with Gasteiger partial charge in [0, 0.05) is 6.42 Å². The van der Waals surface area contributed by atoms with Crippen molar-refractivity contribution in [2.45, 2.75) is 76.6 Å². The summed E-state index contributed by atoms with van der Waals surface area (Å²) in [6.45, 7) is 14.4. The molecular weight excluding hydrogens is 664 g/mol. The number of rotatable bonds is 16. The second-order valence-electron chi connectivity index (χ2n) is 10.2. The predicted octanol–water partition coefficient (Wildman–Crippen LogP) is 0.111. The van der Waals surface area contributed by atoms with E-state index in [0.717, 1.165) is 18.5 Å². The summed E-state index contributed by atoms with van der Waals surface area (Å²) in [7, 11) is 0. The first-order chi connectivity index (χ1) is 15.6. The molecule has 1 rings (SSSR count). The monoisotopic (exact) mass is 708 g/mol. The van der Waals surface area contributed by atoms with Gasteiger partial charge in [0.15, 0.2) is 0 Å². The third-order valence-corrected chi connectivity index (χ3v) is 18.7. The van der Waals surface area contributed by atoms with Gasteiger partial charge in [-0.05, 0) is 12.3 Å². The van der Waals surface area contributed by atoms with Crippen LogP contribution in [-0.4, -0.2) is 66.6 Å². The van der Waals surface area contributed by atoms with Crippen molar-refractivity contribution in [3.05, 3.63) is 11.9 Å². The van der Waals surface area contributed by atoms with Gasteiger partial charge >= 0.3 is 149 Å². The number of hydrogen-bond acceptors (Lipinski definition) is 6. The van der Waals surface area contributed by atoms with E-state index in [0.29, 0.717) is 38.7 Å². The number of aromatic nitrogens is 3. The summed E-state index contributed by atoms with van der Waals surface area (Å²) in [5.41, 5.74) is 0.511. The van der Waals surface area contributed by atoms with Crippen molar-refractivity contribution in [1.82, 2.24) is 25.6 Å². The minimum absolute atomic E-state index is 0.0145. The number of halogens is 2. The maximum absolute atomic E-state index is 11.8. The number of nitrogens with zero attached hydrogens (tertiary/aromatic N) is 3. The minimum atomic E-state index is -1.89. The molecule has 1 heterocycles. The maximum atomic E-state index is 11.8. The third kappa shape index (κ3) is 11.9. The normalized spacial score (nSPS) is 13.2. The van der Waals surface area contributed by atoms with Gasteiger partial charge in [-0.3, -0.25) is 9.59 Å². The van der Waals surface area contributed by atoms with Crippen LogP contribution in [0.5, 0.6) is 0 Å². The average Bonchev–Trinajstić information content (AvgIpc) is 3.19. The number of nitrogens with one attached hydrogen (secondary N) is 2. The fourth-order valence-electron chi connectivity index (χ4n) is 2.64. The van der Waals surface area contributed by atoms with Crippen LogP contribution in [0, 0.1) is 5.92 Å². The van der Waals surface area contributed by atoms with E-state index in [-0.39, 0.29) is 27.5 Å². The quantitative estimate of drug-likeness (QED) is 0.144. The van der Waals surface area contributed by atoms with Crippen molar-refractivity contribution >= 4 is 30.4 Å². The fraction of sp³-hybridized carbons (Fsp3) is 0.826. The van der Waals surface area contributed by atoms with Crippen molar-refractivity contribution in [3.8, 4) is 0 Å². The van der Waals surface area contributed by atoms with Gasteiger partial charge in [-0.2, -0.15) is 0 Å². The fourth-order valence-corrected chi connectivity index (χ4v) is 4.39. The first kappa shape index (κ1) is 31.5. The number of carbonyl (C=O) groups excluding carboxylic acids is 2. The molecule has 1 aromatic rings. The molecule has 200 valence electrons. The molecule has 0 spiro atoms. The third-order valence-electron chi connectivity index (χ3n) is 5.62. The van der Waals surface area contributed by atoms with Gasteiger partial charge in [-0.15, -0.1) is 0 Å². The molecular formula is C23H44I2N5O4-. The molecule has 0 aliphatic heterocycles. The van der Waals surface area contributed by atoms with Gasteiger partial charge in [0.1, 0.15) is 0 Å². The van der Waals surface area contributed by atoms with Crippen LogP contribution >= 0.6 is 18.6 Å². The van der Waals surface area contributed by atoms with Crippen LogP contribution in [0.2, 0.25) is 0 Å². The molecule has 2 N–H and O–H groups in total. The number of amides is 2. The number of alkyl halides is 3. The van der Waals surface area contributed by atoms with Crippen molar-refractivity contribution in [1.29, 1.82) is 0 Å². The molecule has 0 saturated carbocycles. The molecule has 0 atom stereocenters. The summed E-state index contributed by atoms with van der Waals surface area (Å²) in [4.78, 5) is 28.2. The number of ether oxygens (including phenoxy) is 2. The zero-order chi connectivity index (χ0) is 26.0. The molecule has 0 fully saturated rings. The van der Waals surface area contributed by atoms with Gasteiger partial charge in [-0.1, -0.05) is 13.8 Å². The van der Waals surface area contributed by atoms with E-state index in [1.54, 1.807) is 0 Å². The molecule has 0 saturated heterocycles. The van der Waals surface area contributed by atoms with E-state index in [1.807, 2.05) is 10.9 Å². The van der Waals surface area contributed by atoms with Gasteiger partial charge in [0.05, 0.1) is 6.54 Å². The Morgan fingerprint density at radius 1 is 1.15 bits per heavy atom. The average molecular weight is 708 g/mol. The van der Waals surface area contributed by atoms with Crippen molar-refractivity contribution in [3.63, 3.8) is 0 Å². The Bertz CT molecular complexity index is 776. The van der Waals surface area contributed by atoms with E-state index >= 15 is 0 Å². The Hall–Kier alpha value is -0.540. The van der Waals surface area contributed by atoms with Gasteiger partial charge in [-0.25, -0.2) is 0 Å². The Labute approximate surface area is 218 Å². The summed E-state index contributed by atoms with van der Waals surface area (Å²) in [6, 6.07) is 0. The zero-order valence-electron chi connectivity index (χ0n) is 22.0. The van der Waals surface area contributed by atoms with Crippen LogP contribution in [0.3, 0.4) is 0 Å². The van der Waals surface area contributed by atoms with E-state index in [9.17, 15) is 9.59 Å². The molecule has 1 aromatic heterocycles. The summed E-state index contributed by atoms with van der Waals surface area (Å²) < 4.78 is 13.7. The first-order valence-corrected chi connectivity index (χ1v) is 23.3. The second-order valence-corrected chi connectivity index (χ2v) is 32.8. The standard InChI is InChI=1S/C23H44I2N5O4/c1-18(2)9-10-20(31)27-15-21(32)26-12-14-33-17-19-16-30(29-28-19)22(3,4)11-13-34-23(5,6)25(7,8)24/h16,18H,9-15,17H2,1-8H3,(H,26,32)(H,27,31)/q-1. The molecule has 9 nitrogen and oxygen atoms in total.